The van der Waals surface area contributed by atoms with Gasteiger partial charge >= 0.3 is 0 Å². The summed E-state index contributed by atoms with van der Waals surface area (Å²) < 4.78 is 0. The normalized spacial score (nSPS) is 10.0. The van der Waals surface area contributed by atoms with Crippen molar-refractivity contribution in [2.24, 2.45) is 0 Å². The molecule has 1 aromatic carbocycles. The summed E-state index contributed by atoms with van der Waals surface area (Å²) in [7, 11) is 0. The number of carbonyl (C=O) groups excluding carboxylic acids is 2. The van der Waals surface area contributed by atoms with Gasteiger partial charge in [-0.1, -0.05) is 17.7 Å². The molecule has 114 valence electrons. The van der Waals surface area contributed by atoms with Crippen molar-refractivity contribution in [2.75, 3.05) is 13.1 Å². The fourth-order valence-electron chi connectivity index (χ4n) is 1.65. The van der Waals surface area contributed by atoms with Crippen molar-refractivity contribution in [1.82, 2.24) is 20.8 Å². The van der Waals surface area contributed by atoms with Crippen LogP contribution in [0.5, 0.6) is 0 Å². The second-order valence-corrected chi connectivity index (χ2v) is 4.77. The molecule has 0 saturated carbocycles. The van der Waals surface area contributed by atoms with Gasteiger partial charge in [0, 0.05) is 29.7 Å². The quantitative estimate of drug-likeness (QED) is 0.701. The van der Waals surface area contributed by atoms with Crippen LogP contribution in [0.2, 0.25) is 5.02 Å². The van der Waals surface area contributed by atoms with E-state index in [1.807, 2.05) is 0 Å². The summed E-state index contributed by atoms with van der Waals surface area (Å²) in [5.74, 6) is -0.716. The molecule has 0 aliphatic heterocycles. The van der Waals surface area contributed by atoms with E-state index in [0.717, 1.165) is 0 Å². The Kier molecular flexibility index (Phi) is 5.26. The number of nitrogens with zero attached hydrogens (tertiary/aromatic N) is 1. The van der Waals surface area contributed by atoms with E-state index in [4.69, 9.17) is 11.6 Å². The third-order valence-corrected chi connectivity index (χ3v) is 2.93. The molecule has 7 nitrogen and oxygen atoms in total. The Bertz CT molecular complexity index is 724. The number of halogens is 1. The highest BCUT2D eigenvalue weighted by Gasteiger charge is 2.08. The largest absolute Gasteiger partial charge is 0.350 e. The first-order valence-corrected chi connectivity index (χ1v) is 6.82. The molecule has 0 spiro atoms. The van der Waals surface area contributed by atoms with Crippen LogP contribution in [-0.2, 0) is 0 Å². The number of H-pyrrole nitrogens is 1. The van der Waals surface area contributed by atoms with E-state index in [2.05, 4.69) is 20.8 Å². The van der Waals surface area contributed by atoms with Crippen LogP contribution in [0.15, 0.2) is 41.2 Å². The fraction of sp³-hybridized carbons (Fsp3) is 0.143. The number of benzene rings is 1. The smallest absolute Gasteiger partial charge is 0.271 e. The standard InChI is InChI=1S/C14H13ClN4O3/c15-10-3-1-2-9(8-10)13(21)16-6-7-17-14(22)11-4-5-12(20)19-18-11/h1-5,8H,6-7H2,(H,16,21)(H,17,22)(H,19,20). The van der Waals surface area contributed by atoms with Crippen LogP contribution in [0.4, 0.5) is 0 Å². The Morgan fingerprint density at radius 2 is 1.82 bits per heavy atom. The highest BCUT2D eigenvalue weighted by atomic mass is 35.5. The Balaban J connectivity index is 1.77. The molecule has 0 bridgehead atoms. The van der Waals surface area contributed by atoms with E-state index in [0.29, 0.717) is 10.6 Å². The van der Waals surface area contributed by atoms with Crippen LogP contribution in [0, 0.1) is 0 Å². The van der Waals surface area contributed by atoms with Gasteiger partial charge in [-0.3, -0.25) is 14.4 Å². The number of carbonyl (C=O) groups is 2. The third kappa shape index (κ3) is 4.42. The third-order valence-electron chi connectivity index (χ3n) is 2.69. The van der Waals surface area contributed by atoms with Crippen molar-refractivity contribution in [1.29, 1.82) is 0 Å². The number of aromatic amines is 1. The molecule has 2 aromatic rings. The van der Waals surface area contributed by atoms with E-state index >= 15 is 0 Å². The van der Waals surface area contributed by atoms with E-state index in [1.54, 1.807) is 24.3 Å². The predicted octanol–water partition coefficient (Wildman–Crippen LogP) is 0.583. The van der Waals surface area contributed by atoms with Gasteiger partial charge in [0.05, 0.1) is 0 Å². The second kappa shape index (κ2) is 7.37. The van der Waals surface area contributed by atoms with Crippen molar-refractivity contribution >= 4 is 23.4 Å². The van der Waals surface area contributed by atoms with Crippen LogP contribution in [0.3, 0.4) is 0 Å². The number of amides is 2. The van der Waals surface area contributed by atoms with Crippen LogP contribution < -0.4 is 16.2 Å². The number of aromatic nitrogens is 2. The summed E-state index contributed by atoms with van der Waals surface area (Å²) in [5.41, 5.74) is 0.159. The molecule has 22 heavy (non-hydrogen) atoms. The molecule has 0 fully saturated rings. The maximum atomic E-state index is 11.8. The lowest BCUT2D eigenvalue weighted by Crippen LogP contribution is -2.35. The zero-order valence-corrected chi connectivity index (χ0v) is 12.2. The summed E-state index contributed by atoms with van der Waals surface area (Å²) in [5, 5.41) is 11.5. The molecule has 0 radical (unpaired) electrons. The van der Waals surface area contributed by atoms with Crippen LogP contribution in [0.1, 0.15) is 20.8 Å². The molecule has 2 rings (SSSR count). The second-order valence-electron chi connectivity index (χ2n) is 4.33. The lowest BCUT2D eigenvalue weighted by atomic mass is 10.2. The highest BCUT2D eigenvalue weighted by molar-refractivity contribution is 6.30. The van der Waals surface area contributed by atoms with Gasteiger partial charge in [-0.15, -0.1) is 0 Å². The van der Waals surface area contributed by atoms with Gasteiger partial charge in [-0.05, 0) is 24.3 Å². The average Bonchev–Trinajstić information content (AvgIpc) is 2.51. The Morgan fingerprint density at radius 1 is 1.09 bits per heavy atom. The van der Waals surface area contributed by atoms with Crippen LogP contribution in [-0.4, -0.2) is 35.1 Å². The molecule has 0 atom stereocenters. The summed E-state index contributed by atoms with van der Waals surface area (Å²) in [6.07, 6.45) is 0. The van der Waals surface area contributed by atoms with Crippen molar-refractivity contribution < 1.29 is 9.59 Å². The van der Waals surface area contributed by atoms with Crippen molar-refractivity contribution in [3.05, 3.63) is 63.0 Å². The summed E-state index contributed by atoms with van der Waals surface area (Å²) in [6, 6.07) is 9.09. The van der Waals surface area contributed by atoms with Crippen molar-refractivity contribution in [2.45, 2.75) is 0 Å². The van der Waals surface area contributed by atoms with Gasteiger partial charge in [0.2, 0.25) is 0 Å². The minimum absolute atomic E-state index is 0.0979. The first kappa shape index (κ1) is 15.7. The highest BCUT2D eigenvalue weighted by Crippen LogP contribution is 2.10. The molecule has 1 heterocycles. The monoisotopic (exact) mass is 320 g/mol. The maximum Gasteiger partial charge on any atom is 0.271 e. The number of hydrogen-bond acceptors (Lipinski definition) is 4. The van der Waals surface area contributed by atoms with E-state index in [1.165, 1.54) is 12.1 Å². The molecule has 0 saturated heterocycles. The van der Waals surface area contributed by atoms with Gasteiger partial charge in [0.25, 0.3) is 17.4 Å². The molecule has 0 aliphatic rings. The summed E-state index contributed by atoms with van der Waals surface area (Å²) in [4.78, 5) is 34.3. The lowest BCUT2D eigenvalue weighted by Gasteiger charge is -2.07. The number of nitrogens with one attached hydrogen (secondary N) is 3. The van der Waals surface area contributed by atoms with Crippen LogP contribution in [0.25, 0.3) is 0 Å². The summed E-state index contributed by atoms with van der Waals surface area (Å²) in [6.45, 7) is 0.479. The van der Waals surface area contributed by atoms with E-state index in [-0.39, 0.29) is 30.2 Å². The lowest BCUT2D eigenvalue weighted by molar-refractivity contribution is 0.0924. The van der Waals surface area contributed by atoms with Crippen molar-refractivity contribution in [3.8, 4) is 0 Å². The Labute approximate surface area is 130 Å². The van der Waals surface area contributed by atoms with Gasteiger partial charge in [0.1, 0.15) is 5.69 Å². The number of rotatable bonds is 5. The fourth-order valence-corrected chi connectivity index (χ4v) is 1.84. The molecule has 3 N–H and O–H groups in total. The molecule has 0 aliphatic carbocycles. The Morgan fingerprint density at radius 3 is 2.45 bits per heavy atom. The van der Waals surface area contributed by atoms with Gasteiger partial charge in [-0.25, -0.2) is 5.10 Å². The topological polar surface area (TPSA) is 104 Å². The van der Waals surface area contributed by atoms with Crippen LogP contribution >= 0.6 is 11.6 Å². The zero-order chi connectivity index (χ0) is 15.9. The van der Waals surface area contributed by atoms with E-state index in [9.17, 15) is 14.4 Å². The molecule has 0 unspecified atom stereocenters. The molecule has 2 amide bonds. The van der Waals surface area contributed by atoms with Gasteiger partial charge in [-0.2, -0.15) is 5.10 Å². The van der Waals surface area contributed by atoms with E-state index < -0.39 is 5.91 Å². The Hall–Kier alpha value is -2.67. The first-order chi connectivity index (χ1) is 10.6. The molecule has 8 heteroatoms. The number of hydrogen-bond donors (Lipinski definition) is 3. The first-order valence-electron chi connectivity index (χ1n) is 6.44. The SMILES string of the molecule is O=C(NCCNC(=O)c1ccc(=O)[nH]n1)c1cccc(Cl)c1. The average molecular weight is 321 g/mol. The molecular weight excluding hydrogens is 308 g/mol. The van der Waals surface area contributed by atoms with Crippen molar-refractivity contribution in [3.63, 3.8) is 0 Å². The molecular formula is C14H13ClN4O3. The molecule has 1 aromatic heterocycles. The predicted molar refractivity (Wildman–Crippen MR) is 81.0 cm³/mol. The summed E-state index contributed by atoms with van der Waals surface area (Å²) >= 11 is 5.80. The van der Waals surface area contributed by atoms with Gasteiger partial charge in [0.15, 0.2) is 0 Å². The minimum Gasteiger partial charge on any atom is -0.350 e. The maximum absolute atomic E-state index is 11.8. The minimum atomic E-state index is -0.437. The van der Waals surface area contributed by atoms with Gasteiger partial charge < -0.3 is 10.6 Å². The zero-order valence-electron chi connectivity index (χ0n) is 11.4.